The molecule has 5 nitrogen and oxygen atoms in total. The lowest BCUT2D eigenvalue weighted by Crippen LogP contribution is -2.48. The van der Waals surface area contributed by atoms with Gasteiger partial charge in [0.05, 0.1) is 5.69 Å². The third-order valence-electron chi connectivity index (χ3n) is 6.05. The van der Waals surface area contributed by atoms with Gasteiger partial charge in [-0.25, -0.2) is 0 Å². The van der Waals surface area contributed by atoms with Crippen molar-refractivity contribution in [1.29, 1.82) is 0 Å². The molecule has 2 fully saturated rings. The molecule has 2 aliphatic heterocycles. The Morgan fingerprint density at radius 1 is 1.12 bits per heavy atom. The molecule has 4 rings (SSSR count). The molecule has 5 heteroatoms. The highest BCUT2D eigenvalue weighted by Gasteiger charge is 2.38. The van der Waals surface area contributed by atoms with Crippen LogP contribution in [-0.2, 0) is 0 Å². The molecule has 138 valence electrons. The van der Waals surface area contributed by atoms with Crippen LogP contribution >= 0.6 is 0 Å². The van der Waals surface area contributed by atoms with Crippen LogP contribution in [0, 0.1) is 19.8 Å². The summed E-state index contributed by atoms with van der Waals surface area (Å²) in [4.78, 5) is 4.97. The van der Waals surface area contributed by atoms with Gasteiger partial charge in [0.2, 0.25) is 0 Å². The van der Waals surface area contributed by atoms with Gasteiger partial charge in [0, 0.05) is 24.7 Å². The van der Waals surface area contributed by atoms with Crippen molar-refractivity contribution in [2.45, 2.75) is 39.7 Å². The molecule has 26 heavy (non-hydrogen) atoms. The largest absolute Gasteiger partial charge is 0.507 e. The maximum Gasteiger partial charge on any atom is 0.151 e. The van der Waals surface area contributed by atoms with Gasteiger partial charge in [-0.05, 0) is 75.0 Å². The first-order valence-electron chi connectivity index (χ1n) is 9.70. The van der Waals surface area contributed by atoms with Gasteiger partial charge in [0.15, 0.2) is 5.82 Å². The fourth-order valence-electron chi connectivity index (χ4n) is 4.67. The Morgan fingerprint density at radius 3 is 2.62 bits per heavy atom. The second-order valence-electron chi connectivity index (χ2n) is 7.74. The van der Waals surface area contributed by atoms with E-state index in [1.807, 2.05) is 19.9 Å². The van der Waals surface area contributed by atoms with Crippen LogP contribution in [0.15, 0.2) is 24.3 Å². The van der Waals surface area contributed by atoms with Crippen LogP contribution in [0.3, 0.4) is 0 Å². The summed E-state index contributed by atoms with van der Waals surface area (Å²) in [7, 11) is 0. The average Bonchev–Trinajstić information content (AvgIpc) is 3.04. The van der Waals surface area contributed by atoms with Crippen LogP contribution in [0.4, 0.5) is 5.82 Å². The lowest BCUT2D eigenvalue weighted by atomic mass is 9.92. The zero-order valence-electron chi connectivity index (χ0n) is 15.9. The molecule has 2 aromatic rings. The number of anilines is 1. The van der Waals surface area contributed by atoms with E-state index in [9.17, 15) is 5.11 Å². The average molecular weight is 352 g/mol. The standard InChI is InChI=1S/C21H28N4O/c1-4-24-9-7-16-8-10-25(18(16)13-24)20-6-5-17(22-23-20)21-15(3)11-14(2)12-19(21)26/h5-6,11-12,16,18,26H,4,7-10,13H2,1-3H3/t16-,18-/m0/s1. The zero-order chi connectivity index (χ0) is 18.3. The molecule has 0 aliphatic carbocycles. The van der Waals surface area contributed by atoms with Crippen LogP contribution in [0.1, 0.15) is 30.9 Å². The van der Waals surface area contributed by atoms with Gasteiger partial charge in [0.25, 0.3) is 0 Å². The van der Waals surface area contributed by atoms with Crippen molar-refractivity contribution in [3.8, 4) is 17.0 Å². The lowest BCUT2D eigenvalue weighted by molar-refractivity contribution is 0.182. The summed E-state index contributed by atoms with van der Waals surface area (Å²) in [5, 5.41) is 19.3. The molecule has 0 unspecified atom stereocenters. The third kappa shape index (κ3) is 3.05. The molecule has 0 radical (unpaired) electrons. The summed E-state index contributed by atoms with van der Waals surface area (Å²) < 4.78 is 0. The van der Waals surface area contributed by atoms with Gasteiger partial charge in [0.1, 0.15) is 5.75 Å². The first kappa shape index (κ1) is 17.3. The molecule has 1 N–H and O–H groups in total. The Hall–Kier alpha value is -2.14. The predicted molar refractivity (Wildman–Crippen MR) is 105 cm³/mol. The Kier molecular flexibility index (Phi) is 4.57. The summed E-state index contributed by atoms with van der Waals surface area (Å²) in [5.74, 6) is 2.02. The number of hydrogen-bond acceptors (Lipinski definition) is 5. The molecule has 2 aliphatic rings. The van der Waals surface area contributed by atoms with E-state index in [4.69, 9.17) is 0 Å². The Balaban J connectivity index is 1.59. The van der Waals surface area contributed by atoms with E-state index in [0.717, 1.165) is 53.8 Å². The van der Waals surface area contributed by atoms with Crippen LogP contribution in [-0.4, -0.2) is 52.4 Å². The number of hydrogen-bond donors (Lipinski definition) is 1. The number of benzene rings is 1. The van der Waals surface area contributed by atoms with E-state index in [1.165, 1.54) is 19.4 Å². The van der Waals surface area contributed by atoms with E-state index in [1.54, 1.807) is 6.07 Å². The quantitative estimate of drug-likeness (QED) is 0.918. The molecule has 1 aromatic heterocycles. The van der Waals surface area contributed by atoms with Crippen LogP contribution < -0.4 is 4.90 Å². The molecule has 3 heterocycles. The summed E-state index contributed by atoms with van der Waals surface area (Å²) in [6.07, 6.45) is 2.54. The van der Waals surface area contributed by atoms with E-state index in [2.05, 4.69) is 39.1 Å². The molecular formula is C21H28N4O. The number of nitrogens with zero attached hydrogens (tertiary/aromatic N) is 4. The van der Waals surface area contributed by atoms with Gasteiger partial charge in [-0.15, -0.1) is 10.2 Å². The smallest absolute Gasteiger partial charge is 0.151 e. The number of rotatable bonds is 3. The fraction of sp³-hybridized carbons (Fsp3) is 0.524. The second-order valence-corrected chi connectivity index (χ2v) is 7.74. The Morgan fingerprint density at radius 2 is 1.92 bits per heavy atom. The van der Waals surface area contributed by atoms with Crippen molar-refractivity contribution in [2.24, 2.45) is 5.92 Å². The van der Waals surface area contributed by atoms with Crippen LogP contribution in [0.5, 0.6) is 5.75 Å². The number of phenols is 1. The van der Waals surface area contributed by atoms with Crippen molar-refractivity contribution in [1.82, 2.24) is 15.1 Å². The van der Waals surface area contributed by atoms with Crippen molar-refractivity contribution < 1.29 is 5.11 Å². The Labute approximate surface area is 155 Å². The molecular weight excluding hydrogens is 324 g/mol. The molecule has 0 amide bonds. The maximum absolute atomic E-state index is 10.3. The SMILES string of the molecule is CCN1CC[C@H]2CCN(c3ccc(-c4c(C)cc(C)cc4O)nn3)[C@H]2C1. The molecule has 2 atom stereocenters. The number of likely N-dealkylation sites (N-methyl/N-ethyl adjacent to an activating group) is 1. The summed E-state index contributed by atoms with van der Waals surface area (Å²) >= 11 is 0. The molecule has 0 saturated carbocycles. The van der Waals surface area contributed by atoms with Crippen LogP contribution in [0.2, 0.25) is 0 Å². The van der Waals surface area contributed by atoms with E-state index < -0.39 is 0 Å². The summed E-state index contributed by atoms with van der Waals surface area (Å²) in [6.45, 7) is 10.8. The van der Waals surface area contributed by atoms with Crippen molar-refractivity contribution in [2.75, 3.05) is 31.1 Å². The van der Waals surface area contributed by atoms with E-state index in [0.29, 0.717) is 6.04 Å². The normalized spacial score (nSPS) is 23.3. The second kappa shape index (κ2) is 6.88. The van der Waals surface area contributed by atoms with E-state index in [-0.39, 0.29) is 5.75 Å². The number of likely N-dealkylation sites (tertiary alicyclic amines) is 1. The first-order chi connectivity index (χ1) is 12.6. The molecule has 0 bridgehead atoms. The van der Waals surface area contributed by atoms with Crippen molar-refractivity contribution in [3.63, 3.8) is 0 Å². The first-order valence-corrected chi connectivity index (χ1v) is 9.70. The molecule has 2 saturated heterocycles. The topological polar surface area (TPSA) is 52.5 Å². The minimum Gasteiger partial charge on any atom is -0.507 e. The number of piperidine rings is 1. The predicted octanol–water partition coefficient (Wildman–Crippen LogP) is 3.39. The highest BCUT2D eigenvalue weighted by molar-refractivity contribution is 5.71. The summed E-state index contributed by atoms with van der Waals surface area (Å²) in [6, 6.07) is 8.46. The zero-order valence-corrected chi connectivity index (χ0v) is 15.9. The van der Waals surface area contributed by atoms with Crippen LogP contribution in [0.25, 0.3) is 11.3 Å². The van der Waals surface area contributed by atoms with Gasteiger partial charge in [-0.3, -0.25) is 0 Å². The van der Waals surface area contributed by atoms with Gasteiger partial charge >= 0.3 is 0 Å². The highest BCUT2D eigenvalue weighted by Crippen LogP contribution is 2.36. The van der Waals surface area contributed by atoms with Gasteiger partial charge in [-0.2, -0.15) is 0 Å². The van der Waals surface area contributed by atoms with E-state index >= 15 is 0 Å². The van der Waals surface area contributed by atoms with Crippen molar-refractivity contribution in [3.05, 3.63) is 35.4 Å². The fourth-order valence-corrected chi connectivity index (χ4v) is 4.67. The van der Waals surface area contributed by atoms with Gasteiger partial charge in [-0.1, -0.05) is 13.0 Å². The lowest BCUT2D eigenvalue weighted by Gasteiger charge is -2.38. The molecule has 0 spiro atoms. The molecule has 1 aromatic carbocycles. The maximum atomic E-state index is 10.3. The monoisotopic (exact) mass is 352 g/mol. The minimum absolute atomic E-state index is 0.275. The highest BCUT2D eigenvalue weighted by atomic mass is 16.3. The number of aromatic nitrogens is 2. The number of aryl methyl sites for hydroxylation is 2. The third-order valence-corrected chi connectivity index (χ3v) is 6.05. The number of phenolic OH excluding ortho intramolecular Hbond substituents is 1. The minimum atomic E-state index is 0.275. The Bertz CT molecular complexity index is 766. The summed E-state index contributed by atoms with van der Waals surface area (Å²) in [5.41, 5.74) is 3.59. The number of fused-ring (bicyclic) bond motifs is 1. The van der Waals surface area contributed by atoms with Crippen molar-refractivity contribution >= 4 is 5.82 Å². The number of aromatic hydroxyl groups is 1. The van der Waals surface area contributed by atoms with Gasteiger partial charge < -0.3 is 14.9 Å².